The first-order valence-corrected chi connectivity index (χ1v) is 14.2. The van der Waals surface area contributed by atoms with Gasteiger partial charge in [0, 0.05) is 5.56 Å². The second kappa shape index (κ2) is 11.9. The van der Waals surface area contributed by atoms with Gasteiger partial charge in [-0.05, 0) is 56.2 Å². The largest absolute Gasteiger partial charge is 0.481 e. The quantitative estimate of drug-likeness (QED) is 0.295. The third-order valence-corrected chi connectivity index (χ3v) is 7.75. The van der Waals surface area contributed by atoms with Crippen LogP contribution in [0.1, 0.15) is 43.5 Å². The van der Waals surface area contributed by atoms with Crippen LogP contribution in [0, 0.1) is 6.92 Å². The summed E-state index contributed by atoms with van der Waals surface area (Å²) in [6.45, 7) is 7.42. The van der Waals surface area contributed by atoms with Gasteiger partial charge in [0.25, 0.3) is 5.56 Å². The fourth-order valence-corrected chi connectivity index (χ4v) is 5.90. The lowest BCUT2D eigenvalue weighted by atomic mass is 9.95. The highest BCUT2D eigenvalue weighted by Crippen LogP contribution is 2.32. The smallest absolute Gasteiger partial charge is 0.344 e. The number of carbonyl (C=O) groups excluding carboxylic acids is 2. The predicted molar refractivity (Wildman–Crippen MR) is 158 cm³/mol. The number of rotatable bonds is 8. The molecule has 9 heteroatoms. The second-order valence-electron chi connectivity index (χ2n) is 9.51. The average Bonchev–Trinajstić information content (AvgIpc) is 3.26. The molecule has 0 saturated heterocycles. The summed E-state index contributed by atoms with van der Waals surface area (Å²) in [5, 5.41) is 1.81. The van der Waals surface area contributed by atoms with Gasteiger partial charge in [-0.2, -0.15) is 0 Å². The van der Waals surface area contributed by atoms with Crippen LogP contribution in [0.4, 0.5) is 0 Å². The van der Waals surface area contributed by atoms with E-state index in [2.05, 4.69) is 4.99 Å². The number of esters is 2. The van der Waals surface area contributed by atoms with Crippen molar-refractivity contribution in [2.45, 2.75) is 33.7 Å². The zero-order valence-electron chi connectivity index (χ0n) is 23.3. The lowest BCUT2D eigenvalue weighted by Crippen LogP contribution is -2.39. The maximum atomic E-state index is 14.1. The van der Waals surface area contributed by atoms with Crippen LogP contribution >= 0.6 is 11.3 Å². The molecule has 0 bridgehead atoms. The predicted octanol–water partition coefficient (Wildman–Crippen LogP) is 4.20. The minimum atomic E-state index is -0.694. The Bertz CT molecular complexity index is 1850. The first-order chi connectivity index (χ1) is 19.8. The molecule has 0 amide bonds. The van der Waals surface area contributed by atoms with Crippen molar-refractivity contribution >= 4 is 40.1 Å². The highest BCUT2D eigenvalue weighted by atomic mass is 32.1. The molecule has 210 valence electrons. The summed E-state index contributed by atoms with van der Waals surface area (Å²) in [5.41, 5.74) is 3.04. The molecule has 8 nitrogen and oxygen atoms in total. The van der Waals surface area contributed by atoms with E-state index in [4.69, 9.17) is 14.2 Å². The molecule has 1 aromatic heterocycles. The number of thiazole rings is 1. The van der Waals surface area contributed by atoms with Crippen LogP contribution in [0.5, 0.6) is 5.75 Å². The van der Waals surface area contributed by atoms with Gasteiger partial charge in [-0.25, -0.2) is 14.6 Å². The SMILES string of the molecule is CCOC(=O)COc1ccc2ccccc2c1/C=c1\sc2n(c1=O)C(c1ccc(C)cc1)C(C(=O)OCC)=C(C)N=2. The lowest BCUT2D eigenvalue weighted by molar-refractivity contribution is -0.145. The van der Waals surface area contributed by atoms with Gasteiger partial charge in [0.1, 0.15) is 5.75 Å². The van der Waals surface area contributed by atoms with E-state index in [1.54, 1.807) is 37.5 Å². The number of carbonyl (C=O) groups is 2. The van der Waals surface area contributed by atoms with E-state index in [0.717, 1.165) is 21.9 Å². The molecule has 0 saturated carbocycles. The van der Waals surface area contributed by atoms with Crippen LogP contribution in [-0.4, -0.2) is 36.3 Å². The van der Waals surface area contributed by atoms with E-state index in [-0.39, 0.29) is 25.4 Å². The Kier molecular flexibility index (Phi) is 8.16. The van der Waals surface area contributed by atoms with Crippen LogP contribution in [0.3, 0.4) is 0 Å². The second-order valence-corrected chi connectivity index (χ2v) is 10.5. The van der Waals surface area contributed by atoms with Gasteiger partial charge in [0.2, 0.25) is 0 Å². The molecule has 4 aromatic rings. The van der Waals surface area contributed by atoms with Crippen LogP contribution in [0.2, 0.25) is 0 Å². The van der Waals surface area contributed by atoms with Crippen molar-refractivity contribution in [3.05, 3.63) is 108 Å². The topological polar surface area (TPSA) is 96.2 Å². The van der Waals surface area contributed by atoms with E-state index in [1.807, 2.05) is 61.5 Å². The molecule has 1 unspecified atom stereocenters. The monoisotopic (exact) mass is 570 g/mol. The number of benzene rings is 3. The number of hydrogen-bond acceptors (Lipinski definition) is 8. The standard InChI is InChI=1S/C32H30N2O6S/c1-5-38-27(35)18-40-25-16-15-21-9-7-8-10-23(21)24(25)17-26-30(36)34-29(22-13-11-19(3)12-14-22)28(31(37)39-6-2)20(4)33-32(34)41-26/h7-17,29H,5-6,18H2,1-4H3/b26-17-. The Morgan fingerprint density at radius 1 is 0.976 bits per heavy atom. The zero-order valence-corrected chi connectivity index (χ0v) is 24.1. The van der Waals surface area contributed by atoms with E-state index >= 15 is 0 Å². The molecule has 1 atom stereocenters. The van der Waals surface area contributed by atoms with Crippen molar-refractivity contribution in [3.8, 4) is 5.75 Å². The molecule has 0 aliphatic carbocycles. The molecule has 3 aromatic carbocycles. The van der Waals surface area contributed by atoms with Crippen molar-refractivity contribution < 1.29 is 23.8 Å². The Morgan fingerprint density at radius 3 is 2.44 bits per heavy atom. The maximum Gasteiger partial charge on any atom is 0.344 e. The van der Waals surface area contributed by atoms with Gasteiger partial charge in [-0.15, -0.1) is 0 Å². The number of fused-ring (bicyclic) bond motifs is 2. The van der Waals surface area contributed by atoms with Gasteiger partial charge in [0.05, 0.1) is 35.1 Å². The molecular formula is C32H30N2O6S. The highest BCUT2D eigenvalue weighted by molar-refractivity contribution is 7.07. The highest BCUT2D eigenvalue weighted by Gasteiger charge is 2.33. The number of allylic oxidation sites excluding steroid dienone is 1. The number of aryl methyl sites for hydroxylation is 1. The number of nitrogens with zero attached hydrogens (tertiary/aromatic N) is 2. The summed E-state index contributed by atoms with van der Waals surface area (Å²) in [7, 11) is 0. The third-order valence-electron chi connectivity index (χ3n) is 6.77. The Morgan fingerprint density at radius 2 is 1.71 bits per heavy atom. The van der Waals surface area contributed by atoms with Gasteiger partial charge in [-0.1, -0.05) is 71.5 Å². The number of hydrogen-bond donors (Lipinski definition) is 0. The molecule has 5 rings (SSSR count). The van der Waals surface area contributed by atoms with Gasteiger partial charge >= 0.3 is 11.9 Å². The molecule has 41 heavy (non-hydrogen) atoms. The summed E-state index contributed by atoms with van der Waals surface area (Å²) < 4.78 is 18.2. The molecule has 0 radical (unpaired) electrons. The van der Waals surface area contributed by atoms with Crippen molar-refractivity contribution in [3.63, 3.8) is 0 Å². The fraction of sp³-hybridized carbons (Fsp3) is 0.250. The zero-order chi connectivity index (χ0) is 29.1. The van der Waals surface area contributed by atoms with Gasteiger partial charge in [-0.3, -0.25) is 9.36 Å². The summed E-state index contributed by atoms with van der Waals surface area (Å²) in [6.07, 6.45) is 1.77. The van der Waals surface area contributed by atoms with Crippen LogP contribution < -0.4 is 19.6 Å². The van der Waals surface area contributed by atoms with Crippen molar-refractivity contribution in [1.82, 2.24) is 4.57 Å². The molecule has 0 spiro atoms. The van der Waals surface area contributed by atoms with E-state index in [9.17, 15) is 14.4 Å². The molecule has 1 aliphatic rings. The van der Waals surface area contributed by atoms with E-state index < -0.39 is 18.0 Å². The lowest BCUT2D eigenvalue weighted by Gasteiger charge is -2.24. The third kappa shape index (κ3) is 5.58. The maximum absolute atomic E-state index is 14.1. The Labute approximate surface area is 240 Å². The first kappa shape index (κ1) is 28.0. The Balaban J connectivity index is 1.71. The summed E-state index contributed by atoms with van der Waals surface area (Å²) in [6, 6.07) is 18.5. The average molecular weight is 571 g/mol. The first-order valence-electron chi connectivity index (χ1n) is 13.4. The normalized spacial score (nSPS) is 14.9. The van der Waals surface area contributed by atoms with Crippen molar-refractivity contribution in [2.24, 2.45) is 4.99 Å². The minimum Gasteiger partial charge on any atom is -0.481 e. The fourth-order valence-electron chi connectivity index (χ4n) is 4.88. The molecule has 2 heterocycles. The van der Waals surface area contributed by atoms with Crippen LogP contribution in [0.25, 0.3) is 16.8 Å². The van der Waals surface area contributed by atoms with E-state index in [0.29, 0.717) is 31.9 Å². The molecular weight excluding hydrogens is 540 g/mol. The number of aromatic nitrogens is 1. The summed E-state index contributed by atoms with van der Waals surface area (Å²) in [4.78, 5) is 44.4. The van der Waals surface area contributed by atoms with E-state index in [1.165, 1.54) is 11.3 Å². The van der Waals surface area contributed by atoms with Crippen molar-refractivity contribution in [1.29, 1.82) is 0 Å². The van der Waals surface area contributed by atoms with Crippen LogP contribution in [-0.2, 0) is 19.1 Å². The van der Waals surface area contributed by atoms with Gasteiger partial charge in [0.15, 0.2) is 11.4 Å². The van der Waals surface area contributed by atoms with Gasteiger partial charge < -0.3 is 14.2 Å². The van der Waals surface area contributed by atoms with Crippen molar-refractivity contribution in [2.75, 3.05) is 19.8 Å². The molecule has 0 fully saturated rings. The number of ether oxygens (including phenoxy) is 3. The summed E-state index contributed by atoms with van der Waals surface area (Å²) >= 11 is 1.23. The molecule has 1 aliphatic heterocycles. The minimum absolute atomic E-state index is 0.205. The van der Waals surface area contributed by atoms with Crippen LogP contribution in [0.15, 0.2) is 81.7 Å². The summed E-state index contributed by atoms with van der Waals surface area (Å²) in [5.74, 6) is -0.538. The molecule has 0 N–H and O–H groups in total. The Hall–Kier alpha value is -4.50.